The van der Waals surface area contributed by atoms with Crippen LogP contribution in [0.25, 0.3) is 0 Å². The summed E-state index contributed by atoms with van der Waals surface area (Å²) in [7, 11) is 0. The van der Waals surface area contributed by atoms with Gasteiger partial charge in [0.2, 0.25) is 11.9 Å². The zero-order valence-corrected chi connectivity index (χ0v) is 12.0. The van der Waals surface area contributed by atoms with Gasteiger partial charge in [0.25, 0.3) is 0 Å². The van der Waals surface area contributed by atoms with Gasteiger partial charge in [-0.05, 0) is 19.3 Å². The second-order valence-corrected chi connectivity index (χ2v) is 5.68. The van der Waals surface area contributed by atoms with E-state index in [-0.39, 0.29) is 11.9 Å². The number of nitrogens with zero attached hydrogens (tertiary/aromatic N) is 4. The minimum absolute atomic E-state index is 0.212. The number of carbonyl (C=O) groups excluding carboxylic acids is 1. The first-order valence-electron chi connectivity index (χ1n) is 7.39. The number of likely N-dealkylation sites (tertiary alicyclic amines) is 1. The molecule has 22 heavy (non-hydrogen) atoms. The van der Waals surface area contributed by atoms with E-state index in [2.05, 4.69) is 9.97 Å². The summed E-state index contributed by atoms with van der Waals surface area (Å²) in [5, 5.41) is 0. The average Bonchev–Trinajstić information content (AvgIpc) is 2.93. The van der Waals surface area contributed by atoms with Gasteiger partial charge in [0.15, 0.2) is 0 Å². The number of alkyl halides is 3. The molecule has 5 nitrogen and oxygen atoms in total. The van der Waals surface area contributed by atoms with E-state index in [1.807, 2.05) is 9.80 Å². The number of anilines is 1. The molecule has 3 rings (SSSR count). The van der Waals surface area contributed by atoms with Gasteiger partial charge in [-0.1, -0.05) is 0 Å². The first kappa shape index (κ1) is 15.1. The number of amides is 1. The van der Waals surface area contributed by atoms with Crippen molar-refractivity contribution >= 4 is 11.9 Å². The van der Waals surface area contributed by atoms with E-state index in [1.165, 1.54) is 0 Å². The van der Waals surface area contributed by atoms with Crippen LogP contribution in [0.1, 0.15) is 31.2 Å². The van der Waals surface area contributed by atoms with E-state index in [0.29, 0.717) is 25.5 Å². The molecule has 1 aromatic heterocycles. The second-order valence-electron chi connectivity index (χ2n) is 5.68. The number of hydrogen-bond donors (Lipinski definition) is 0. The van der Waals surface area contributed by atoms with Gasteiger partial charge in [0.1, 0.15) is 0 Å². The topological polar surface area (TPSA) is 49.3 Å². The van der Waals surface area contributed by atoms with Gasteiger partial charge in [-0.2, -0.15) is 13.2 Å². The summed E-state index contributed by atoms with van der Waals surface area (Å²) in [6, 6.07) is 0.237. The summed E-state index contributed by atoms with van der Waals surface area (Å²) >= 11 is 0. The van der Waals surface area contributed by atoms with Crippen LogP contribution in [-0.2, 0) is 11.0 Å². The molecule has 0 aromatic carbocycles. The largest absolute Gasteiger partial charge is 0.419 e. The maximum atomic E-state index is 12.5. The van der Waals surface area contributed by atoms with Crippen LogP contribution in [0.4, 0.5) is 19.1 Å². The van der Waals surface area contributed by atoms with E-state index in [0.717, 1.165) is 38.2 Å². The predicted molar refractivity (Wildman–Crippen MR) is 73.2 cm³/mol. The lowest BCUT2D eigenvalue weighted by atomic mass is 10.0. The Morgan fingerprint density at radius 1 is 1.09 bits per heavy atom. The molecule has 1 amide bonds. The highest BCUT2D eigenvalue weighted by atomic mass is 19.4. The van der Waals surface area contributed by atoms with Gasteiger partial charge in [0, 0.05) is 44.5 Å². The summed E-state index contributed by atoms with van der Waals surface area (Å²) in [4.78, 5) is 23.2. The minimum atomic E-state index is -4.42. The van der Waals surface area contributed by atoms with Crippen molar-refractivity contribution in [2.45, 2.75) is 37.9 Å². The van der Waals surface area contributed by atoms with Crippen LogP contribution in [0.2, 0.25) is 0 Å². The van der Waals surface area contributed by atoms with Gasteiger partial charge in [0.05, 0.1) is 5.56 Å². The lowest BCUT2D eigenvalue weighted by molar-refractivity contribution is -0.138. The van der Waals surface area contributed by atoms with Crippen LogP contribution in [0.3, 0.4) is 0 Å². The molecule has 3 heterocycles. The zero-order valence-electron chi connectivity index (χ0n) is 12.0. The lowest BCUT2D eigenvalue weighted by Crippen LogP contribution is -2.45. The maximum absolute atomic E-state index is 12.5. The lowest BCUT2D eigenvalue weighted by Gasteiger charge is -2.36. The third-order valence-electron chi connectivity index (χ3n) is 4.26. The Morgan fingerprint density at radius 2 is 1.73 bits per heavy atom. The molecule has 8 heteroatoms. The molecule has 2 fully saturated rings. The predicted octanol–water partition coefficient (Wildman–Crippen LogP) is 2.09. The van der Waals surface area contributed by atoms with Crippen LogP contribution in [0.15, 0.2) is 12.4 Å². The maximum Gasteiger partial charge on any atom is 0.419 e. The molecule has 0 spiro atoms. The fourth-order valence-electron chi connectivity index (χ4n) is 3.06. The molecule has 1 aromatic rings. The van der Waals surface area contributed by atoms with Crippen LogP contribution in [0.5, 0.6) is 0 Å². The van der Waals surface area contributed by atoms with Gasteiger partial charge in [-0.15, -0.1) is 0 Å². The Morgan fingerprint density at radius 3 is 2.23 bits per heavy atom. The molecule has 0 unspecified atom stereocenters. The van der Waals surface area contributed by atoms with E-state index < -0.39 is 11.7 Å². The highest BCUT2D eigenvalue weighted by Crippen LogP contribution is 2.29. The first-order valence-corrected chi connectivity index (χ1v) is 7.39. The van der Waals surface area contributed by atoms with E-state index in [1.54, 1.807) is 0 Å². The SMILES string of the molecule is O=C1CCCN1C1CCN(c2ncc(C(F)(F)F)cn2)CC1. The normalized spacial score (nSPS) is 20.8. The van der Waals surface area contributed by atoms with Gasteiger partial charge in [-0.25, -0.2) is 9.97 Å². The van der Waals surface area contributed by atoms with Gasteiger partial charge in [-0.3, -0.25) is 4.79 Å². The van der Waals surface area contributed by atoms with E-state index in [9.17, 15) is 18.0 Å². The number of carbonyl (C=O) groups is 1. The van der Waals surface area contributed by atoms with Crippen molar-refractivity contribution in [3.8, 4) is 0 Å². The van der Waals surface area contributed by atoms with Gasteiger partial charge >= 0.3 is 6.18 Å². The smallest absolute Gasteiger partial charge is 0.341 e. The first-order chi connectivity index (χ1) is 10.4. The standard InChI is InChI=1S/C14H17F3N4O/c15-14(16,17)10-8-18-13(19-9-10)20-6-3-11(4-7-20)21-5-1-2-12(21)22/h8-9,11H,1-7H2. The Labute approximate surface area is 126 Å². The number of rotatable bonds is 2. The molecule has 0 saturated carbocycles. The molecule has 0 N–H and O–H groups in total. The number of aromatic nitrogens is 2. The third kappa shape index (κ3) is 3.00. The molecule has 0 atom stereocenters. The Balaban J connectivity index is 1.60. The van der Waals surface area contributed by atoms with E-state index in [4.69, 9.17) is 0 Å². The molecule has 2 saturated heterocycles. The molecule has 0 aliphatic carbocycles. The highest BCUT2D eigenvalue weighted by molar-refractivity contribution is 5.78. The molecule has 2 aliphatic heterocycles. The van der Waals surface area contributed by atoms with Crippen molar-refractivity contribution in [1.82, 2.24) is 14.9 Å². The zero-order chi connectivity index (χ0) is 15.7. The van der Waals surface area contributed by atoms with Crippen molar-refractivity contribution in [3.63, 3.8) is 0 Å². The Bertz CT molecular complexity index is 538. The van der Waals surface area contributed by atoms with Crippen molar-refractivity contribution in [3.05, 3.63) is 18.0 Å². The molecular weight excluding hydrogens is 297 g/mol. The van der Waals surface area contributed by atoms with Crippen molar-refractivity contribution in [2.24, 2.45) is 0 Å². The van der Waals surface area contributed by atoms with Crippen molar-refractivity contribution in [2.75, 3.05) is 24.5 Å². The molecule has 0 radical (unpaired) electrons. The number of halogens is 3. The fourth-order valence-corrected chi connectivity index (χ4v) is 3.06. The quantitative estimate of drug-likeness (QED) is 0.839. The van der Waals surface area contributed by atoms with Crippen LogP contribution >= 0.6 is 0 Å². The van der Waals surface area contributed by atoms with Crippen LogP contribution < -0.4 is 4.90 Å². The summed E-state index contributed by atoms with van der Waals surface area (Å²) in [6.45, 7) is 2.12. The highest BCUT2D eigenvalue weighted by Gasteiger charge is 2.33. The second kappa shape index (κ2) is 5.73. The Kier molecular flexibility index (Phi) is 3.92. The van der Waals surface area contributed by atoms with E-state index >= 15 is 0 Å². The monoisotopic (exact) mass is 314 g/mol. The summed E-state index contributed by atoms with van der Waals surface area (Å²) in [5.74, 6) is 0.531. The molecule has 120 valence electrons. The van der Waals surface area contributed by atoms with Crippen LogP contribution in [-0.4, -0.2) is 46.5 Å². The van der Waals surface area contributed by atoms with Crippen molar-refractivity contribution in [1.29, 1.82) is 0 Å². The molecule has 0 bridgehead atoms. The van der Waals surface area contributed by atoms with Crippen LogP contribution in [0, 0.1) is 0 Å². The minimum Gasteiger partial charge on any atom is -0.341 e. The average molecular weight is 314 g/mol. The summed E-state index contributed by atoms with van der Waals surface area (Å²) < 4.78 is 37.5. The Hall–Kier alpha value is -1.86. The fraction of sp³-hybridized carbons (Fsp3) is 0.643. The summed E-state index contributed by atoms with van der Waals surface area (Å²) in [6.07, 6.45) is 0.369. The number of hydrogen-bond acceptors (Lipinski definition) is 4. The van der Waals surface area contributed by atoms with Crippen molar-refractivity contribution < 1.29 is 18.0 Å². The molecular formula is C14H17F3N4O. The third-order valence-corrected chi connectivity index (χ3v) is 4.26. The number of piperidine rings is 1. The van der Waals surface area contributed by atoms with Gasteiger partial charge < -0.3 is 9.80 Å². The summed E-state index contributed by atoms with van der Waals surface area (Å²) in [5.41, 5.74) is -0.839. The molecule has 2 aliphatic rings.